The summed E-state index contributed by atoms with van der Waals surface area (Å²) >= 11 is 4.67. The molecule has 0 bridgehead atoms. The zero-order valence-electron chi connectivity index (χ0n) is 22.4. The van der Waals surface area contributed by atoms with Crippen molar-refractivity contribution in [3.05, 3.63) is 50.2 Å². The minimum atomic E-state index is -0.710. The number of fused-ring (bicyclic) bond motifs is 1. The topological polar surface area (TPSA) is 62.7 Å². The van der Waals surface area contributed by atoms with Gasteiger partial charge in [0.15, 0.2) is 5.13 Å². The molecule has 4 rings (SSSR count). The van der Waals surface area contributed by atoms with E-state index in [9.17, 15) is 9.90 Å². The lowest BCUT2D eigenvalue weighted by molar-refractivity contribution is -0.164. The maximum atomic E-state index is 13.4. The largest absolute Gasteiger partial charge is 0.511 e. The molecule has 2 aromatic heterocycles. The van der Waals surface area contributed by atoms with Gasteiger partial charge in [0.05, 0.1) is 10.2 Å². The second kappa shape index (κ2) is 10.0. The summed E-state index contributed by atoms with van der Waals surface area (Å²) in [4.78, 5) is 21.6. The average Bonchev–Trinajstić information content (AvgIpc) is 3.44. The number of thiazole rings is 1. The number of carbonyl (C=O) groups is 1. The zero-order chi connectivity index (χ0) is 26.4. The molecule has 3 heterocycles. The van der Waals surface area contributed by atoms with E-state index < -0.39 is 11.6 Å². The van der Waals surface area contributed by atoms with Crippen molar-refractivity contribution < 1.29 is 14.6 Å². The number of thiophene rings is 1. The van der Waals surface area contributed by atoms with Gasteiger partial charge in [-0.3, -0.25) is 0 Å². The number of nitrogens with zero attached hydrogens (tertiary/aromatic N) is 2. The Morgan fingerprint density at radius 2 is 2.03 bits per heavy atom. The van der Waals surface area contributed by atoms with Gasteiger partial charge in [0.25, 0.3) is 0 Å². The van der Waals surface area contributed by atoms with Gasteiger partial charge in [0, 0.05) is 25.4 Å². The molecule has 0 fully saturated rings. The fourth-order valence-corrected chi connectivity index (χ4v) is 8.05. The number of hydrogen-bond donors (Lipinski definition) is 1. The number of aliphatic hydroxyl groups is 1. The molecule has 1 aromatic carbocycles. The van der Waals surface area contributed by atoms with Crippen LogP contribution < -0.4 is 4.90 Å². The van der Waals surface area contributed by atoms with Crippen LogP contribution in [0.4, 0.5) is 5.13 Å². The van der Waals surface area contributed by atoms with Crippen LogP contribution in [0.2, 0.25) is 0 Å². The van der Waals surface area contributed by atoms with Crippen molar-refractivity contribution in [3.8, 4) is 0 Å². The molecular formula is C28H36N2O3S3. The number of thioether (sulfide) groups is 1. The van der Waals surface area contributed by atoms with E-state index in [2.05, 4.69) is 64.4 Å². The minimum Gasteiger partial charge on any atom is -0.511 e. The average molecular weight is 545 g/mol. The highest BCUT2D eigenvalue weighted by Gasteiger charge is 2.44. The Bertz CT molecular complexity index is 1300. The lowest BCUT2D eigenvalue weighted by atomic mass is 9.80. The number of esters is 1. The summed E-state index contributed by atoms with van der Waals surface area (Å²) < 4.78 is 7.31. The van der Waals surface area contributed by atoms with Crippen molar-refractivity contribution in [2.75, 3.05) is 19.0 Å². The Morgan fingerprint density at radius 3 is 2.58 bits per heavy atom. The first-order chi connectivity index (χ1) is 16.8. The van der Waals surface area contributed by atoms with Crippen LogP contribution in [0.3, 0.4) is 0 Å². The van der Waals surface area contributed by atoms with E-state index in [0.717, 1.165) is 37.8 Å². The number of carbonyl (C=O) groups excluding carboxylic acids is 1. The summed E-state index contributed by atoms with van der Waals surface area (Å²) in [6.45, 7) is 12.7. The molecule has 36 heavy (non-hydrogen) atoms. The fraction of sp³-hybridized carbons (Fsp3) is 0.500. The predicted molar refractivity (Wildman–Crippen MR) is 154 cm³/mol. The van der Waals surface area contributed by atoms with Gasteiger partial charge in [-0.05, 0) is 70.7 Å². The monoisotopic (exact) mass is 544 g/mol. The third-order valence-corrected chi connectivity index (χ3v) is 9.96. The van der Waals surface area contributed by atoms with E-state index in [0.29, 0.717) is 17.7 Å². The molecule has 0 spiro atoms. The van der Waals surface area contributed by atoms with Crippen LogP contribution in [0.5, 0.6) is 0 Å². The number of benzene rings is 1. The molecule has 0 amide bonds. The number of hydrogen-bond acceptors (Lipinski definition) is 8. The molecule has 0 saturated heterocycles. The maximum Gasteiger partial charge on any atom is 0.349 e. The van der Waals surface area contributed by atoms with Gasteiger partial charge in [0.2, 0.25) is 0 Å². The van der Waals surface area contributed by atoms with Crippen LogP contribution in [-0.2, 0) is 21.4 Å². The maximum absolute atomic E-state index is 13.4. The summed E-state index contributed by atoms with van der Waals surface area (Å²) in [5.74, 6) is -0.219. The quantitative estimate of drug-likeness (QED) is 0.305. The first-order valence-corrected chi connectivity index (χ1v) is 14.9. The number of aromatic nitrogens is 1. The molecule has 0 aliphatic carbocycles. The molecule has 1 unspecified atom stereocenters. The minimum absolute atomic E-state index is 0.0826. The Kier molecular flexibility index (Phi) is 7.53. The number of ether oxygens (including phenoxy) is 1. The van der Waals surface area contributed by atoms with E-state index in [1.165, 1.54) is 17.3 Å². The number of anilines is 1. The van der Waals surface area contributed by atoms with Gasteiger partial charge in [-0.2, -0.15) is 11.3 Å². The van der Waals surface area contributed by atoms with E-state index in [1.807, 2.05) is 19.0 Å². The van der Waals surface area contributed by atoms with Gasteiger partial charge in [-0.1, -0.05) is 57.7 Å². The number of cyclic esters (lactones) is 1. The third kappa shape index (κ3) is 5.18. The van der Waals surface area contributed by atoms with E-state index >= 15 is 0 Å². The van der Waals surface area contributed by atoms with Gasteiger partial charge in [-0.15, -0.1) is 0 Å². The van der Waals surface area contributed by atoms with E-state index in [4.69, 9.17) is 9.72 Å². The second-order valence-electron chi connectivity index (χ2n) is 11.2. The van der Waals surface area contributed by atoms with Gasteiger partial charge in [-0.25, -0.2) is 9.78 Å². The molecule has 1 N–H and O–H groups in total. The van der Waals surface area contributed by atoms with E-state index in [1.54, 1.807) is 22.7 Å². The highest BCUT2D eigenvalue weighted by molar-refractivity contribution is 8.04. The number of rotatable bonds is 7. The molecule has 194 valence electrons. The van der Waals surface area contributed by atoms with Crippen molar-refractivity contribution >= 4 is 55.8 Å². The van der Waals surface area contributed by atoms with Crippen LogP contribution in [0.25, 0.3) is 10.2 Å². The molecule has 1 aliphatic rings. The van der Waals surface area contributed by atoms with Gasteiger partial charge < -0.3 is 14.7 Å². The van der Waals surface area contributed by atoms with Crippen molar-refractivity contribution in [1.29, 1.82) is 0 Å². The van der Waals surface area contributed by atoms with Crippen LogP contribution in [0, 0.1) is 12.8 Å². The van der Waals surface area contributed by atoms with Crippen molar-refractivity contribution in [2.24, 2.45) is 5.92 Å². The van der Waals surface area contributed by atoms with Crippen LogP contribution >= 0.6 is 34.4 Å². The summed E-state index contributed by atoms with van der Waals surface area (Å²) in [5, 5.41) is 16.4. The highest BCUT2D eigenvalue weighted by atomic mass is 32.2. The number of aryl methyl sites for hydroxylation is 2. The normalized spacial score (nSPS) is 18.9. The van der Waals surface area contributed by atoms with Crippen LogP contribution in [-0.4, -0.2) is 35.8 Å². The Morgan fingerprint density at radius 1 is 1.31 bits per heavy atom. The molecule has 5 nitrogen and oxygen atoms in total. The molecule has 3 aromatic rings. The van der Waals surface area contributed by atoms with Crippen molar-refractivity contribution in [1.82, 2.24) is 4.98 Å². The Balaban J connectivity index is 1.73. The van der Waals surface area contributed by atoms with Crippen molar-refractivity contribution in [2.45, 2.75) is 76.7 Å². The van der Waals surface area contributed by atoms with E-state index in [-0.39, 0.29) is 17.1 Å². The van der Waals surface area contributed by atoms with Crippen LogP contribution in [0.15, 0.2) is 38.5 Å². The lowest BCUT2D eigenvalue weighted by Gasteiger charge is -2.40. The summed E-state index contributed by atoms with van der Waals surface area (Å²) in [6.07, 6.45) is 1.83. The standard InChI is InChI=1S/C28H36N2O3S3/c1-16(2)28(11-9-18-10-12-34-15-18)14-19(31)23(25(32)33-28)35-20-13-17(3)22-24(21(20)27(4,5)6)36-26(29-22)30(7)8/h10,12-13,15-16,31H,9,11,14H2,1-8H3. The van der Waals surface area contributed by atoms with Crippen LogP contribution in [0.1, 0.15) is 64.2 Å². The van der Waals surface area contributed by atoms with Gasteiger partial charge in [0.1, 0.15) is 16.3 Å². The second-order valence-corrected chi connectivity index (χ2v) is 14.0. The molecule has 0 radical (unpaired) electrons. The first kappa shape index (κ1) is 27.0. The molecule has 8 heteroatoms. The molecule has 1 atom stereocenters. The smallest absolute Gasteiger partial charge is 0.349 e. The van der Waals surface area contributed by atoms with Gasteiger partial charge >= 0.3 is 5.97 Å². The Labute approximate surface area is 226 Å². The third-order valence-electron chi connectivity index (χ3n) is 6.83. The SMILES string of the molecule is Cc1cc(SC2=C(O)CC(CCc3ccsc3)(C(C)C)OC2=O)c(C(C)(C)C)c2sc(N(C)C)nc12. The highest BCUT2D eigenvalue weighted by Crippen LogP contribution is 2.48. The lowest BCUT2D eigenvalue weighted by Crippen LogP contribution is -2.44. The molecule has 1 aliphatic heterocycles. The fourth-order valence-electron chi connectivity index (χ4n) is 4.68. The molecular weight excluding hydrogens is 509 g/mol. The summed E-state index contributed by atoms with van der Waals surface area (Å²) in [6, 6.07) is 4.20. The summed E-state index contributed by atoms with van der Waals surface area (Å²) in [5.41, 5.74) is 3.54. The Hall–Kier alpha value is -2.03. The summed E-state index contributed by atoms with van der Waals surface area (Å²) in [7, 11) is 4.00. The zero-order valence-corrected chi connectivity index (χ0v) is 24.8. The first-order valence-electron chi connectivity index (χ1n) is 12.3. The van der Waals surface area contributed by atoms with Crippen molar-refractivity contribution in [3.63, 3.8) is 0 Å². The predicted octanol–water partition coefficient (Wildman–Crippen LogP) is 7.87. The molecule has 0 saturated carbocycles. The number of aliphatic hydroxyl groups excluding tert-OH is 1.